The normalized spacial score (nSPS) is 13.7. The second-order valence-corrected chi connectivity index (χ2v) is 5.23. The van der Waals surface area contributed by atoms with E-state index in [4.69, 9.17) is 0 Å². The molecule has 0 aliphatic rings. The van der Waals surface area contributed by atoms with E-state index in [0.717, 1.165) is 5.56 Å². The smallest absolute Gasteiger partial charge is 0.448 e. The van der Waals surface area contributed by atoms with Crippen molar-refractivity contribution in [1.29, 1.82) is 0 Å². The topological polar surface area (TPSA) is 76.7 Å². The number of carbonyl (C=O) groups is 2. The van der Waals surface area contributed by atoms with Crippen molar-refractivity contribution >= 4 is 17.7 Å². The van der Waals surface area contributed by atoms with Crippen LogP contribution < -0.4 is 10.6 Å². The molecule has 1 atom stereocenters. The lowest BCUT2D eigenvalue weighted by Gasteiger charge is -2.33. The first-order valence-electron chi connectivity index (χ1n) is 7.61. The third-order valence-electron chi connectivity index (χ3n) is 3.24. The van der Waals surface area contributed by atoms with Gasteiger partial charge in [0.2, 0.25) is 0 Å². The van der Waals surface area contributed by atoms with Gasteiger partial charge in [-0.15, -0.1) is 0 Å². The molecule has 0 fully saturated rings. The average molecular weight is 362 g/mol. The quantitative estimate of drug-likeness (QED) is 0.601. The number of rotatable bonds is 6. The van der Waals surface area contributed by atoms with Gasteiger partial charge in [-0.25, -0.2) is 9.59 Å². The molecule has 0 aromatic heterocycles. The molecule has 0 saturated carbocycles. The summed E-state index contributed by atoms with van der Waals surface area (Å²) >= 11 is 0. The number of amides is 2. The van der Waals surface area contributed by atoms with Crippen molar-refractivity contribution in [2.75, 3.05) is 18.5 Å². The number of hydrogen-bond acceptors (Lipinski definition) is 4. The van der Waals surface area contributed by atoms with E-state index >= 15 is 0 Å². The Bertz CT molecular complexity index is 634. The van der Waals surface area contributed by atoms with Gasteiger partial charge in [0.05, 0.1) is 6.61 Å². The summed E-state index contributed by atoms with van der Waals surface area (Å²) in [4.78, 5) is 24.0. The Balaban J connectivity index is 3.11. The summed E-state index contributed by atoms with van der Waals surface area (Å²) in [7, 11) is 0. The van der Waals surface area contributed by atoms with Crippen LogP contribution in [0.4, 0.5) is 23.7 Å². The molecule has 1 rings (SSSR count). The minimum Gasteiger partial charge on any atom is -0.462 e. The number of ether oxygens (including phenoxy) is 2. The highest BCUT2D eigenvalue weighted by molar-refractivity contribution is 5.94. The largest absolute Gasteiger partial charge is 0.462 e. The Hall–Kier alpha value is -2.29. The highest BCUT2D eigenvalue weighted by atomic mass is 19.4. The molecule has 0 heterocycles. The average Bonchev–Trinajstić information content (AvgIpc) is 2.48. The lowest BCUT2D eigenvalue weighted by atomic mass is 10.1. The first-order valence-corrected chi connectivity index (χ1v) is 7.61. The van der Waals surface area contributed by atoms with E-state index in [2.05, 4.69) is 14.8 Å². The van der Waals surface area contributed by atoms with Gasteiger partial charge in [-0.05, 0) is 39.3 Å². The summed E-state index contributed by atoms with van der Waals surface area (Å²) in [5.74, 6) is -1.74. The van der Waals surface area contributed by atoms with Gasteiger partial charge < -0.3 is 14.8 Å². The molecule has 0 aliphatic carbocycles. The van der Waals surface area contributed by atoms with Crippen LogP contribution in [0, 0.1) is 13.8 Å². The van der Waals surface area contributed by atoms with E-state index in [1.165, 1.54) is 13.8 Å². The lowest BCUT2D eigenvalue weighted by molar-refractivity contribution is -0.282. The summed E-state index contributed by atoms with van der Waals surface area (Å²) in [6.45, 7) is 5.37. The van der Waals surface area contributed by atoms with Crippen LogP contribution in [0.25, 0.3) is 0 Å². The number of esters is 1. The summed E-state index contributed by atoms with van der Waals surface area (Å²) in [6, 6.07) is 3.74. The predicted molar refractivity (Wildman–Crippen MR) is 85.1 cm³/mol. The van der Waals surface area contributed by atoms with Crippen LogP contribution in [0.5, 0.6) is 0 Å². The molecule has 2 N–H and O–H groups in total. The molecular weight excluding hydrogens is 341 g/mol. The van der Waals surface area contributed by atoms with Crippen LogP contribution in [-0.4, -0.2) is 37.1 Å². The van der Waals surface area contributed by atoms with Crippen molar-refractivity contribution in [2.45, 2.75) is 39.6 Å². The molecule has 140 valence electrons. The van der Waals surface area contributed by atoms with Crippen LogP contribution >= 0.6 is 0 Å². The van der Waals surface area contributed by atoms with Crippen molar-refractivity contribution in [3.63, 3.8) is 0 Å². The molecule has 25 heavy (non-hydrogen) atoms. The number of alkyl halides is 3. The van der Waals surface area contributed by atoms with Crippen LogP contribution in [0.3, 0.4) is 0 Å². The first-order chi connectivity index (χ1) is 11.6. The Morgan fingerprint density at radius 1 is 1.12 bits per heavy atom. The van der Waals surface area contributed by atoms with Gasteiger partial charge in [0.25, 0.3) is 0 Å². The number of aryl methyl sites for hydroxylation is 2. The fraction of sp³-hybridized carbons (Fsp3) is 0.500. The maximum Gasteiger partial charge on any atom is 0.448 e. The Labute approximate surface area is 143 Å². The minimum absolute atomic E-state index is 0.301. The molecule has 1 aromatic carbocycles. The van der Waals surface area contributed by atoms with Gasteiger partial charge >= 0.3 is 23.9 Å². The van der Waals surface area contributed by atoms with Crippen LogP contribution in [-0.2, 0) is 14.3 Å². The monoisotopic (exact) mass is 362 g/mol. The van der Waals surface area contributed by atoms with Gasteiger partial charge in [0.1, 0.15) is 0 Å². The second kappa shape index (κ2) is 8.19. The lowest BCUT2D eigenvalue weighted by Crippen LogP contribution is -2.67. The Morgan fingerprint density at radius 2 is 1.76 bits per heavy atom. The van der Waals surface area contributed by atoms with E-state index in [1.807, 2.05) is 6.92 Å². The molecule has 0 saturated heterocycles. The van der Waals surface area contributed by atoms with E-state index in [-0.39, 0.29) is 6.61 Å². The highest BCUT2D eigenvalue weighted by Crippen LogP contribution is 2.33. The summed E-state index contributed by atoms with van der Waals surface area (Å²) in [5, 5.41) is 3.86. The van der Waals surface area contributed by atoms with Gasteiger partial charge in [0, 0.05) is 12.3 Å². The highest BCUT2D eigenvalue weighted by Gasteiger charge is 2.64. The zero-order valence-electron chi connectivity index (χ0n) is 14.4. The van der Waals surface area contributed by atoms with Crippen molar-refractivity contribution in [1.82, 2.24) is 5.32 Å². The SMILES string of the molecule is CCOC(=O)C(NC(=O)Nc1ccc(C)cc1C)(OCC)C(F)(F)F. The summed E-state index contributed by atoms with van der Waals surface area (Å²) < 4.78 is 49.5. The van der Waals surface area contributed by atoms with Gasteiger partial charge in [0.15, 0.2) is 0 Å². The third-order valence-corrected chi connectivity index (χ3v) is 3.24. The molecular formula is C16H21F3N2O4. The molecule has 0 radical (unpaired) electrons. The van der Waals surface area contributed by atoms with E-state index in [9.17, 15) is 22.8 Å². The molecule has 1 aromatic rings. The number of carbonyl (C=O) groups excluding carboxylic acids is 2. The fourth-order valence-electron chi connectivity index (χ4n) is 2.13. The molecule has 0 aliphatic heterocycles. The summed E-state index contributed by atoms with van der Waals surface area (Å²) in [5.41, 5.74) is -1.70. The fourth-order valence-corrected chi connectivity index (χ4v) is 2.13. The standard InChI is InChI=1S/C16H21F3N2O4/c1-5-24-13(22)15(25-6-2,16(17,18)19)21-14(23)20-12-8-7-10(3)9-11(12)4/h7-9H,5-6H2,1-4H3,(H2,20,21,23). The van der Waals surface area contributed by atoms with Gasteiger partial charge in [-0.1, -0.05) is 17.7 Å². The van der Waals surface area contributed by atoms with Gasteiger partial charge in [-0.2, -0.15) is 13.2 Å². The molecule has 0 bridgehead atoms. The molecule has 1 unspecified atom stereocenters. The van der Waals surface area contributed by atoms with Crippen molar-refractivity contribution in [3.8, 4) is 0 Å². The Morgan fingerprint density at radius 3 is 2.24 bits per heavy atom. The zero-order valence-corrected chi connectivity index (χ0v) is 14.4. The molecule has 9 heteroatoms. The number of nitrogens with one attached hydrogen (secondary N) is 2. The van der Waals surface area contributed by atoms with Crippen molar-refractivity contribution in [2.24, 2.45) is 0 Å². The molecule has 2 amide bonds. The van der Waals surface area contributed by atoms with Crippen molar-refractivity contribution in [3.05, 3.63) is 29.3 Å². The molecule has 0 spiro atoms. The summed E-state index contributed by atoms with van der Waals surface area (Å²) in [6.07, 6.45) is -5.21. The van der Waals surface area contributed by atoms with Crippen LogP contribution in [0.1, 0.15) is 25.0 Å². The van der Waals surface area contributed by atoms with E-state index < -0.39 is 30.5 Å². The number of benzene rings is 1. The second-order valence-electron chi connectivity index (χ2n) is 5.23. The third kappa shape index (κ3) is 4.85. The Kier molecular flexibility index (Phi) is 6.80. The van der Waals surface area contributed by atoms with Crippen LogP contribution in [0.15, 0.2) is 18.2 Å². The number of hydrogen-bond donors (Lipinski definition) is 2. The zero-order chi connectivity index (χ0) is 19.3. The van der Waals surface area contributed by atoms with E-state index in [0.29, 0.717) is 11.3 Å². The van der Waals surface area contributed by atoms with E-state index in [1.54, 1.807) is 30.4 Å². The maximum atomic E-state index is 13.5. The number of halogens is 3. The van der Waals surface area contributed by atoms with Gasteiger partial charge in [-0.3, -0.25) is 5.32 Å². The van der Waals surface area contributed by atoms with Crippen molar-refractivity contribution < 1.29 is 32.2 Å². The predicted octanol–water partition coefficient (Wildman–Crippen LogP) is 3.28. The first kappa shape index (κ1) is 20.8. The maximum absolute atomic E-state index is 13.5. The number of urea groups is 1. The minimum atomic E-state index is -5.21. The number of anilines is 1. The van der Waals surface area contributed by atoms with Crippen LogP contribution in [0.2, 0.25) is 0 Å². The molecule has 6 nitrogen and oxygen atoms in total.